The van der Waals surface area contributed by atoms with Crippen LogP contribution >= 0.6 is 11.6 Å². The molecule has 2 saturated heterocycles. The summed E-state index contributed by atoms with van der Waals surface area (Å²) < 4.78 is 35.0. The van der Waals surface area contributed by atoms with Crippen LogP contribution in [0.4, 0.5) is 14.5 Å². The van der Waals surface area contributed by atoms with E-state index in [1.54, 1.807) is 11.0 Å². The molecule has 0 spiro atoms. The van der Waals surface area contributed by atoms with E-state index in [1.807, 2.05) is 0 Å². The summed E-state index contributed by atoms with van der Waals surface area (Å²) in [5, 5.41) is 16.0. The van der Waals surface area contributed by atoms with Crippen molar-refractivity contribution in [2.24, 2.45) is 13.0 Å². The molecule has 3 heterocycles. The maximum atomic E-state index is 14.6. The summed E-state index contributed by atoms with van der Waals surface area (Å²) in [5.74, 6) is -3.50. The number of piperidine rings is 1. The number of nitrogens with zero attached hydrogens (tertiary/aromatic N) is 3. The second-order valence-electron chi connectivity index (χ2n) is 10.5. The van der Waals surface area contributed by atoms with Crippen molar-refractivity contribution in [2.75, 3.05) is 38.6 Å². The number of benzene rings is 2. The second-order valence-corrected chi connectivity index (χ2v) is 10.9. The Balaban J connectivity index is 0.00000148. The number of halogens is 3. The Labute approximate surface area is 262 Å². The van der Waals surface area contributed by atoms with E-state index in [0.29, 0.717) is 31.6 Å². The lowest BCUT2D eigenvalue weighted by Gasteiger charge is -2.32. The molecule has 0 bridgehead atoms. The number of ether oxygens (including phenoxy) is 1. The summed E-state index contributed by atoms with van der Waals surface area (Å²) in [4.78, 5) is 52.8. The van der Waals surface area contributed by atoms with Gasteiger partial charge < -0.3 is 35.3 Å². The standard InChI is InChI=1S/C29H31ClF2N6O4.CH2O2/c1-37-22(20-5-6-23(42-2)25(32)24(20)31)15-34-26(37)28(40)35-17-3-4-19(21(30)13-17)29(41)38-11-8-16(9-12-38)27(39)36-18-7-10-33-14-18;2-1-3/h3-6,13,15-16,18,33H,7-12,14H2,1-2H3,(H,35,40)(H,36,39);1H,(H,2,3). The highest BCUT2D eigenvalue weighted by molar-refractivity contribution is 6.34. The summed E-state index contributed by atoms with van der Waals surface area (Å²) in [5.41, 5.74) is 0.717. The Bertz CT molecular complexity index is 1570. The maximum absolute atomic E-state index is 14.6. The minimum absolute atomic E-state index is 0.0371. The molecule has 0 radical (unpaired) electrons. The van der Waals surface area contributed by atoms with E-state index in [9.17, 15) is 23.2 Å². The van der Waals surface area contributed by atoms with Gasteiger partial charge >= 0.3 is 0 Å². The fraction of sp³-hybridized carbons (Fsp3) is 0.367. The first kappa shape index (κ1) is 33.3. The topological polar surface area (TPSA) is 155 Å². The fourth-order valence-electron chi connectivity index (χ4n) is 5.32. The van der Waals surface area contributed by atoms with Crippen LogP contribution in [0.25, 0.3) is 11.3 Å². The van der Waals surface area contributed by atoms with Crippen molar-refractivity contribution < 1.29 is 37.8 Å². The molecule has 1 atom stereocenters. The van der Waals surface area contributed by atoms with Gasteiger partial charge in [0.2, 0.25) is 11.7 Å². The first-order valence-corrected chi connectivity index (χ1v) is 14.5. The fourth-order valence-corrected chi connectivity index (χ4v) is 5.58. The molecule has 240 valence electrons. The van der Waals surface area contributed by atoms with Crippen LogP contribution in [0.3, 0.4) is 0 Å². The Kier molecular flexibility index (Phi) is 11.1. The molecule has 2 fully saturated rings. The van der Waals surface area contributed by atoms with Gasteiger partial charge in [0.05, 0.1) is 29.6 Å². The Hall–Kier alpha value is -4.56. The normalized spacial score (nSPS) is 16.4. The molecule has 4 N–H and O–H groups in total. The van der Waals surface area contributed by atoms with Crippen LogP contribution in [0.1, 0.15) is 40.2 Å². The minimum Gasteiger partial charge on any atom is -0.494 e. The number of amides is 3. The number of anilines is 1. The minimum atomic E-state index is -1.14. The van der Waals surface area contributed by atoms with E-state index in [2.05, 4.69) is 20.9 Å². The number of imidazole rings is 1. The average molecular weight is 647 g/mol. The third-order valence-corrected chi connectivity index (χ3v) is 8.06. The Morgan fingerprint density at radius 2 is 1.84 bits per heavy atom. The maximum Gasteiger partial charge on any atom is 0.291 e. The van der Waals surface area contributed by atoms with Crippen molar-refractivity contribution in [1.29, 1.82) is 0 Å². The van der Waals surface area contributed by atoms with E-state index in [4.69, 9.17) is 26.2 Å². The lowest BCUT2D eigenvalue weighted by Crippen LogP contribution is -2.45. The quantitative estimate of drug-likeness (QED) is 0.285. The van der Waals surface area contributed by atoms with E-state index >= 15 is 0 Å². The van der Waals surface area contributed by atoms with Gasteiger partial charge in [0.1, 0.15) is 0 Å². The van der Waals surface area contributed by atoms with Crippen molar-refractivity contribution >= 4 is 41.5 Å². The van der Waals surface area contributed by atoms with Crippen LogP contribution in [0.15, 0.2) is 36.5 Å². The molecule has 3 aromatic rings. The molecular formula is C30H33ClF2N6O6. The van der Waals surface area contributed by atoms with Gasteiger partial charge in [-0.15, -0.1) is 0 Å². The van der Waals surface area contributed by atoms with Crippen LogP contribution in [0.2, 0.25) is 5.02 Å². The highest BCUT2D eigenvalue weighted by atomic mass is 35.5. The molecule has 15 heteroatoms. The molecule has 2 aliphatic heterocycles. The number of aromatic nitrogens is 2. The predicted molar refractivity (Wildman–Crippen MR) is 161 cm³/mol. The van der Waals surface area contributed by atoms with E-state index in [1.165, 1.54) is 49.2 Å². The van der Waals surface area contributed by atoms with Crippen molar-refractivity contribution in [3.63, 3.8) is 0 Å². The molecule has 12 nitrogen and oxygen atoms in total. The number of hydrogen-bond donors (Lipinski definition) is 4. The number of hydrogen-bond acceptors (Lipinski definition) is 7. The molecular weight excluding hydrogens is 614 g/mol. The molecule has 1 unspecified atom stereocenters. The van der Waals surface area contributed by atoms with Gasteiger partial charge in [-0.1, -0.05) is 11.6 Å². The van der Waals surface area contributed by atoms with Crippen LogP contribution in [-0.4, -0.2) is 83.1 Å². The van der Waals surface area contributed by atoms with Crippen molar-refractivity contribution in [3.8, 4) is 17.0 Å². The number of rotatable bonds is 7. The zero-order valence-electron chi connectivity index (χ0n) is 24.6. The average Bonchev–Trinajstić information content (AvgIpc) is 3.68. The molecule has 0 saturated carbocycles. The highest BCUT2D eigenvalue weighted by Gasteiger charge is 2.30. The van der Waals surface area contributed by atoms with Crippen LogP contribution < -0.4 is 20.7 Å². The molecule has 45 heavy (non-hydrogen) atoms. The monoisotopic (exact) mass is 646 g/mol. The molecule has 5 rings (SSSR count). The van der Waals surface area contributed by atoms with E-state index < -0.39 is 17.5 Å². The number of methoxy groups -OCH3 is 1. The second kappa shape index (κ2) is 14.9. The van der Waals surface area contributed by atoms with Crippen LogP contribution in [0, 0.1) is 17.6 Å². The van der Waals surface area contributed by atoms with Gasteiger partial charge in [0.15, 0.2) is 17.4 Å². The lowest BCUT2D eigenvalue weighted by atomic mass is 9.95. The zero-order chi connectivity index (χ0) is 32.7. The molecule has 2 aliphatic rings. The van der Waals surface area contributed by atoms with E-state index in [0.717, 1.165) is 19.5 Å². The van der Waals surface area contributed by atoms with Crippen molar-refractivity contribution in [3.05, 3.63) is 64.6 Å². The first-order valence-electron chi connectivity index (χ1n) is 14.1. The van der Waals surface area contributed by atoms with Gasteiger partial charge in [-0.25, -0.2) is 9.37 Å². The number of likely N-dealkylation sites (tertiary alicyclic amines) is 1. The molecule has 2 aromatic carbocycles. The number of nitrogens with one attached hydrogen (secondary N) is 3. The summed E-state index contributed by atoms with van der Waals surface area (Å²) in [6.07, 6.45) is 3.34. The van der Waals surface area contributed by atoms with Crippen molar-refractivity contribution in [1.82, 2.24) is 25.1 Å². The summed E-state index contributed by atoms with van der Waals surface area (Å²) in [6, 6.07) is 7.34. The summed E-state index contributed by atoms with van der Waals surface area (Å²) in [6.45, 7) is 2.31. The largest absolute Gasteiger partial charge is 0.494 e. The smallest absolute Gasteiger partial charge is 0.291 e. The van der Waals surface area contributed by atoms with E-state index in [-0.39, 0.29) is 63.7 Å². The Morgan fingerprint density at radius 1 is 1.13 bits per heavy atom. The van der Waals surface area contributed by atoms with Gasteiger partial charge in [-0.2, -0.15) is 4.39 Å². The van der Waals surface area contributed by atoms with Gasteiger partial charge in [-0.3, -0.25) is 19.2 Å². The SMILES string of the molecule is COc1ccc(-c2cnc(C(=O)Nc3ccc(C(=O)N4CCC(C(=O)NC5CCNC5)CC4)c(Cl)c3)n2C)c(F)c1F.O=CO. The number of carbonyl (C=O) groups excluding carboxylic acids is 3. The zero-order valence-corrected chi connectivity index (χ0v) is 25.4. The predicted octanol–water partition coefficient (Wildman–Crippen LogP) is 3.31. The molecule has 3 amide bonds. The number of carboxylic acid groups (broad SMARTS) is 1. The third kappa shape index (κ3) is 7.57. The van der Waals surface area contributed by atoms with Gasteiger partial charge in [-0.05, 0) is 56.1 Å². The first-order chi connectivity index (χ1) is 21.6. The van der Waals surface area contributed by atoms with Crippen molar-refractivity contribution in [2.45, 2.75) is 25.3 Å². The third-order valence-electron chi connectivity index (χ3n) is 7.75. The van der Waals surface area contributed by atoms with Crippen LogP contribution in [-0.2, 0) is 16.6 Å². The molecule has 0 aliphatic carbocycles. The highest BCUT2D eigenvalue weighted by Crippen LogP contribution is 2.30. The summed E-state index contributed by atoms with van der Waals surface area (Å²) >= 11 is 6.44. The van der Waals surface area contributed by atoms with Gasteiger partial charge in [0.25, 0.3) is 18.3 Å². The number of carbonyl (C=O) groups is 4. The van der Waals surface area contributed by atoms with Gasteiger partial charge in [0, 0.05) is 49.9 Å². The molecule has 1 aromatic heterocycles. The van der Waals surface area contributed by atoms with Crippen LogP contribution in [0.5, 0.6) is 5.75 Å². The Morgan fingerprint density at radius 3 is 2.47 bits per heavy atom. The summed E-state index contributed by atoms with van der Waals surface area (Å²) in [7, 11) is 2.74. The lowest BCUT2D eigenvalue weighted by molar-refractivity contribution is -0.127.